The Hall–Kier alpha value is -2.14. The fourth-order valence-corrected chi connectivity index (χ4v) is 1.53. The van der Waals surface area contributed by atoms with E-state index in [4.69, 9.17) is 15.2 Å². The fourth-order valence-electron chi connectivity index (χ4n) is 1.53. The van der Waals surface area contributed by atoms with Gasteiger partial charge in [0.2, 0.25) is 5.88 Å². The van der Waals surface area contributed by atoms with Crippen molar-refractivity contribution < 1.29 is 9.47 Å². The van der Waals surface area contributed by atoms with E-state index in [1.54, 1.807) is 19.5 Å². The summed E-state index contributed by atoms with van der Waals surface area (Å²) in [5.41, 5.74) is 7.22. The van der Waals surface area contributed by atoms with Crippen LogP contribution in [-0.2, 0) is 13.2 Å². The van der Waals surface area contributed by atoms with Crippen LogP contribution < -0.4 is 15.2 Å². The van der Waals surface area contributed by atoms with Crippen molar-refractivity contribution in [3.05, 3.63) is 47.9 Å². The highest BCUT2D eigenvalue weighted by atomic mass is 16.5. The molecule has 1 aromatic heterocycles. The summed E-state index contributed by atoms with van der Waals surface area (Å²) < 4.78 is 10.8. The second kappa shape index (κ2) is 5.97. The fraction of sp³-hybridized carbons (Fsp3) is 0.231. The van der Waals surface area contributed by atoms with E-state index < -0.39 is 0 Å². The maximum absolute atomic E-state index is 5.60. The van der Waals surface area contributed by atoms with E-state index in [-0.39, 0.29) is 0 Å². The lowest BCUT2D eigenvalue weighted by atomic mass is 10.2. The highest BCUT2D eigenvalue weighted by Crippen LogP contribution is 2.16. The molecule has 18 heavy (non-hydrogen) atoms. The number of nitrogens with zero attached hydrogens (tertiary/aromatic N) is 2. The maximum Gasteiger partial charge on any atom is 0.237 e. The topological polar surface area (TPSA) is 70.3 Å². The van der Waals surface area contributed by atoms with Crippen LogP contribution >= 0.6 is 0 Å². The summed E-state index contributed by atoms with van der Waals surface area (Å²) in [6, 6.07) is 7.68. The number of methoxy groups -OCH3 is 1. The standard InChI is InChI=1S/C13H15N3O2/c1-17-11-4-2-3-10(7-11)9-18-13-12(8-14)15-5-6-16-13/h2-7H,8-9,14H2,1H3. The molecule has 0 spiro atoms. The Morgan fingerprint density at radius 1 is 1.22 bits per heavy atom. The Morgan fingerprint density at radius 3 is 2.83 bits per heavy atom. The van der Waals surface area contributed by atoms with Crippen LogP contribution in [0.1, 0.15) is 11.3 Å². The second-order valence-electron chi connectivity index (χ2n) is 3.65. The largest absolute Gasteiger partial charge is 0.497 e. The molecule has 0 saturated heterocycles. The zero-order valence-electron chi connectivity index (χ0n) is 10.2. The van der Waals surface area contributed by atoms with Crippen LogP contribution in [0.25, 0.3) is 0 Å². The minimum Gasteiger partial charge on any atom is -0.497 e. The van der Waals surface area contributed by atoms with E-state index in [0.717, 1.165) is 11.3 Å². The molecule has 2 N–H and O–H groups in total. The molecule has 0 unspecified atom stereocenters. The van der Waals surface area contributed by atoms with E-state index in [1.807, 2.05) is 24.3 Å². The lowest BCUT2D eigenvalue weighted by Gasteiger charge is -2.08. The summed E-state index contributed by atoms with van der Waals surface area (Å²) >= 11 is 0. The van der Waals surface area contributed by atoms with Crippen molar-refractivity contribution in [1.29, 1.82) is 0 Å². The molecular formula is C13H15N3O2. The number of aromatic nitrogens is 2. The second-order valence-corrected chi connectivity index (χ2v) is 3.65. The van der Waals surface area contributed by atoms with Crippen molar-refractivity contribution in [2.75, 3.05) is 7.11 Å². The van der Waals surface area contributed by atoms with Gasteiger partial charge in [-0.25, -0.2) is 4.98 Å². The molecule has 0 aliphatic heterocycles. The molecule has 1 heterocycles. The Morgan fingerprint density at radius 2 is 2.06 bits per heavy atom. The molecule has 0 radical (unpaired) electrons. The van der Waals surface area contributed by atoms with Gasteiger partial charge in [0.15, 0.2) is 0 Å². The molecule has 5 heteroatoms. The first-order valence-corrected chi connectivity index (χ1v) is 5.59. The molecule has 0 saturated carbocycles. The number of hydrogen-bond acceptors (Lipinski definition) is 5. The summed E-state index contributed by atoms with van der Waals surface area (Å²) in [6.07, 6.45) is 3.18. The van der Waals surface area contributed by atoms with E-state index in [1.165, 1.54) is 0 Å². The van der Waals surface area contributed by atoms with Gasteiger partial charge in [-0.15, -0.1) is 0 Å². The third-order valence-electron chi connectivity index (χ3n) is 2.44. The van der Waals surface area contributed by atoms with E-state index in [9.17, 15) is 0 Å². The van der Waals surface area contributed by atoms with E-state index in [0.29, 0.717) is 24.7 Å². The van der Waals surface area contributed by atoms with Crippen LogP contribution in [0.4, 0.5) is 0 Å². The zero-order chi connectivity index (χ0) is 12.8. The number of ether oxygens (including phenoxy) is 2. The van der Waals surface area contributed by atoms with Crippen molar-refractivity contribution in [1.82, 2.24) is 9.97 Å². The molecule has 94 valence electrons. The van der Waals surface area contributed by atoms with Gasteiger partial charge < -0.3 is 15.2 Å². The first-order valence-electron chi connectivity index (χ1n) is 5.59. The van der Waals surface area contributed by atoms with Gasteiger partial charge in [-0.05, 0) is 17.7 Å². The summed E-state index contributed by atoms with van der Waals surface area (Å²) in [4.78, 5) is 8.22. The zero-order valence-corrected chi connectivity index (χ0v) is 10.2. The van der Waals surface area contributed by atoms with Gasteiger partial charge in [0.1, 0.15) is 18.1 Å². The lowest BCUT2D eigenvalue weighted by molar-refractivity contribution is 0.287. The first-order chi connectivity index (χ1) is 8.83. The van der Waals surface area contributed by atoms with Gasteiger partial charge in [0, 0.05) is 18.9 Å². The molecular weight excluding hydrogens is 230 g/mol. The van der Waals surface area contributed by atoms with Crippen LogP contribution in [0, 0.1) is 0 Å². The number of nitrogens with two attached hydrogens (primary N) is 1. The van der Waals surface area contributed by atoms with E-state index in [2.05, 4.69) is 9.97 Å². The van der Waals surface area contributed by atoms with Gasteiger partial charge in [-0.1, -0.05) is 12.1 Å². The van der Waals surface area contributed by atoms with Crippen LogP contribution in [0.5, 0.6) is 11.6 Å². The summed E-state index contributed by atoms with van der Waals surface area (Å²) in [7, 11) is 1.63. The molecule has 0 amide bonds. The normalized spacial score (nSPS) is 10.1. The summed E-state index contributed by atoms with van der Waals surface area (Å²) in [5, 5.41) is 0. The SMILES string of the molecule is COc1cccc(COc2nccnc2CN)c1. The molecule has 2 aromatic rings. The third kappa shape index (κ3) is 2.95. The molecule has 0 aliphatic carbocycles. The van der Waals surface area contributed by atoms with Gasteiger partial charge in [0.25, 0.3) is 0 Å². The Labute approximate surface area is 106 Å². The lowest BCUT2D eigenvalue weighted by Crippen LogP contribution is -2.06. The Bertz CT molecular complexity index is 517. The molecule has 2 rings (SSSR count). The molecule has 0 atom stereocenters. The van der Waals surface area contributed by atoms with Crippen LogP contribution in [0.2, 0.25) is 0 Å². The van der Waals surface area contributed by atoms with Crippen molar-refractivity contribution >= 4 is 0 Å². The Balaban J connectivity index is 2.06. The molecule has 5 nitrogen and oxygen atoms in total. The van der Waals surface area contributed by atoms with Crippen molar-refractivity contribution in [2.24, 2.45) is 5.73 Å². The average Bonchev–Trinajstić information content (AvgIpc) is 2.45. The predicted molar refractivity (Wildman–Crippen MR) is 67.2 cm³/mol. The predicted octanol–water partition coefficient (Wildman–Crippen LogP) is 1.52. The minimum atomic E-state index is 0.307. The van der Waals surface area contributed by atoms with Gasteiger partial charge >= 0.3 is 0 Å². The number of hydrogen-bond donors (Lipinski definition) is 1. The van der Waals surface area contributed by atoms with Gasteiger partial charge in [-0.3, -0.25) is 4.98 Å². The van der Waals surface area contributed by atoms with Crippen molar-refractivity contribution in [3.63, 3.8) is 0 Å². The highest BCUT2D eigenvalue weighted by Gasteiger charge is 2.05. The smallest absolute Gasteiger partial charge is 0.237 e. The number of benzene rings is 1. The maximum atomic E-state index is 5.60. The number of rotatable bonds is 5. The summed E-state index contributed by atoms with van der Waals surface area (Å²) in [6.45, 7) is 0.712. The quantitative estimate of drug-likeness (QED) is 0.864. The summed E-state index contributed by atoms with van der Waals surface area (Å²) in [5.74, 6) is 1.28. The monoisotopic (exact) mass is 245 g/mol. The molecule has 0 fully saturated rings. The first kappa shape index (κ1) is 12.3. The van der Waals surface area contributed by atoms with Crippen LogP contribution in [0.15, 0.2) is 36.7 Å². The van der Waals surface area contributed by atoms with Crippen LogP contribution in [-0.4, -0.2) is 17.1 Å². The van der Waals surface area contributed by atoms with Crippen molar-refractivity contribution in [2.45, 2.75) is 13.2 Å². The molecule has 1 aromatic carbocycles. The van der Waals surface area contributed by atoms with E-state index >= 15 is 0 Å². The average molecular weight is 245 g/mol. The van der Waals surface area contributed by atoms with Crippen LogP contribution in [0.3, 0.4) is 0 Å². The van der Waals surface area contributed by atoms with Gasteiger partial charge in [0.05, 0.1) is 7.11 Å². The van der Waals surface area contributed by atoms with Crippen molar-refractivity contribution in [3.8, 4) is 11.6 Å². The molecule has 0 aliphatic rings. The minimum absolute atomic E-state index is 0.307. The van der Waals surface area contributed by atoms with Gasteiger partial charge in [-0.2, -0.15) is 0 Å². The highest BCUT2D eigenvalue weighted by molar-refractivity contribution is 5.28. The third-order valence-corrected chi connectivity index (χ3v) is 2.44. The Kier molecular flexibility index (Phi) is 4.09. The molecule has 0 bridgehead atoms.